The Morgan fingerprint density at radius 1 is 1.32 bits per heavy atom. The molecule has 1 aromatic heterocycles. The van der Waals surface area contributed by atoms with E-state index in [1.807, 2.05) is 25.1 Å². The average molecular weight is 363 g/mol. The van der Waals surface area contributed by atoms with Crippen molar-refractivity contribution < 1.29 is 4.79 Å². The number of halogens is 1. The van der Waals surface area contributed by atoms with Gasteiger partial charge in [-0.05, 0) is 43.2 Å². The van der Waals surface area contributed by atoms with Crippen molar-refractivity contribution in [2.45, 2.75) is 26.7 Å². The van der Waals surface area contributed by atoms with Crippen LogP contribution in [0.2, 0.25) is 0 Å². The lowest BCUT2D eigenvalue weighted by molar-refractivity contribution is 0.102. The van der Waals surface area contributed by atoms with Crippen molar-refractivity contribution in [1.29, 1.82) is 0 Å². The van der Waals surface area contributed by atoms with Gasteiger partial charge in [-0.25, -0.2) is 9.97 Å². The molecule has 0 saturated carbocycles. The van der Waals surface area contributed by atoms with Crippen molar-refractivity contribution in [3.63, 3.8) is 0 Å². The van der Waals surface area contributed by atoms with Gasteiger partial charge in [0.2, 0.25) is 5.95 Å². The van der Waals surface area contributed by atoms with Gasteiger partial charge < -0.3 is 10.6 Å². The zero-order valence-electron chi connectivity index (χ0n) is 12.7. The number of unbranched alkanes of at least 4 members (excludes halogenated alkanes) is 1. The summed E-state index contributed by atoms with van der Waals surface area (Å²) >= 11 is 3.44. The molecule has 0 aliphatic carbocycles. The van der Waals surface area contributed by atoms with Gasteiger partial charge in [0.05, 0.1) is 0 Å². The first-order valence-corrected chi connectivity index (χ1v) is 8.04. The number of hydrogen-bond donors (Lipinski definition) is 2. The molecule has 0 unspecified atom stereocenters. The summed E-state index contributed by atoms with van der Waals surface area (Å²) in [6.07, 6.45) is 3.72. The van der Waals surface area contributed by atoms with Crippen LogP contribution >= 0.6 is 15.9 Å². The Labute approximate surface area is 138 Å². The predicted octanol–water partition coefficient (Wildman–Crippen LogP) is 4.01. The molecule has 116 valence electrons. The highest BCUT2D eigenvalue weighted by atomic mass is 79.9. The maximum atomic E-state index is 12.3. The number of aryl methyl sites for hydroxylation is 1. The Morgan fingerprint density at radius 3 is 2.86 bits per heavy atom. The third-order valence-corrected chi connectivity index (χ3v) is 4.01. The molecule has 0 saturated heterocycles. The molecule has 1 heterocycles. The smallest absolute Gasteiger partial charge is 0.274 e. The van der Waals surface area contributed by atoms with E-state index in [1.165, 1.54) is 0 Å². The van der Waals surface area contributed by atoms with Crippen LogP contribution in [0.25, 0.3) is 0 Å². The molecule has 5 nitrogen and oxygen atoms in total. The summed E-state index contributed by atoms with van der Waals surface area (Å²) in [5.41, 5.74) is 2.14. The minimum absolute atomic E-state index is 0.248. The molecule has 2 N–H and O–H groups in total. The molecule has 0 fully saturated rings. The van der Waals surface area contributed by atoms with Gasteiger partial charge in [-0.1, -0.05) is 29.3 Å². The molecule has 0 bridgehead atoms. The van der Waals surface area contributed by atoms with E-state index >= 15 is 0 Å². The molecule has 22 heavy (non-hydrogen) atoms. The van der Waals surface area contributed by atoms with Gasteiger partial charge in [0.15, 0.2) is 0 Å². The number of aromatic nitrogens is 2. The number of carbonyl (C=O) groups is 1. The number of amides is 1. The van der Waals surface area contributed by atoms with Gasteiger partial charge in [0, 0.05) is 22.9 Å². The average Bonchev–Trinajstić information content (AvgIpc) is 2.51. The molecule has 2 rings (SSSR count). The van der Waals surface area contributed by atoms with E-state index in [1.54, 1.807) is 12.3 Å². The van der Waals surface area contributed by atoms with Crippen molar-refractivity contribution in [2.24, 2.45) is 0 Å². The third kappa shape index (κ3) is 4.53. The molecule has 0 aliphatic rings. The minimum Gasteiger partial charge on any atom is -0.354 e. The van der Waals surface area contributed by atoms with Gasteiger partial charge in [-0.2, -0.15) is 0 Å². The summed E-state index contributed by atoms with van der Waals surface area (Å²) in [6.45, 7) is 4.89. The quantitative estimate of drug-likeness (QED) is 0.761. The van der Waals surface area contributed by atoms with E-state index in [2.05, 4.69) is 43.5 Å². The van der Waals surface area contributed by atoms with Gasteiger partial charge >= 0.3 is 0 Å². The van der Waals surface area contributed by atoms with E-state index in [0.717, 1.165) is 35.1 Å². The second-order valence-corrected chi connectivity index (χ2v) is 5.82. The lowest BCUT2D eigenvalue weighted by Crippen LogP contribution is -2.15. The normalized spacial score (nSPS) is 10.3. The van der Waals surface area contributed by atoms with Crippen LogP contribution < -0.4 is 10.6 Å². The summed E-state index contributed by atoms with van der Waals surface area (Å²) in [5, 5.41) is 5.96. The fraction of sp³-hybridized carbons (Fsp3) is 0.312. The molecule has 0 radical (unpaired) electrons. The van der Waals surface area contributed by atoms with Crippen LogP contribution in [-0.2, 0) is 0 Å². The van der Waals surface area contributed by atoms with Crippen molar-refractivity contribution in [1.82, 2.24) is 9.97 Å². The maximum Gasteiger partial charge on any atom is 0.274 e. The Hall–Kier alpha value is -1.95. The van der Waals surface area contributed by atoms with E-state index < -0.39 is 0 Å². The van der Waals surface area contributed by atoms with Crippen molar-refractivity contribution >= 4 is 33.5 Å². The number of anilines is 2. The van der Waals surface area contributed by atoms with E-state index in [4.69, 9.17) is 0 Å². The zero-order valence-corrected chi connectivity index (χ0v) is 14.3. The number of benzene rings is 1. The second kappa shape index (κ2) is 7.89. The van der Waals surface area contributed by atoms with Gasteiger partial charge in [0.1, 0.15) is 5.69 Å². The molecule has 0 spiro atoms. The van der Waals surface area contributed by atoms with Crippen molar-refractivity contribution in [3.05, 3.63) is 46.2 Å². The van der Waals surface area contributed by atoms with Gasteiger partial charge in [-0.3, -0.25) is 4.79 Å². The van der Waals surface area contributed by atoms with E-state index in [0.29, 0.717) is 11.6 Å². The monoisotopic (exact) mass is 362 g/mol. The minimum atomic E-state index is -0.248. The lowest BCUT2D eigenvalue weighted by atomic mass is 10.2. The number of rotatable bonds is 6. The molecule has 2 aromatic rings. The first-order chi connectivity index (χ1) is 10.6. The van der Waals surface area contributed by atoms with Crippen molar-refractivity contribution in [2.75, 3.05) is 17.2 Å². The van der Waals surface area contributed by atoms with Crippen LogP contribution in [0.3, 0.4) is 0 Å². The standard InChI is InChI=1S/C16H19BrN4O/c1-3-4-8-18-16-19-9-7-14(21-16)15(22)20-12-5-6-13(17)11(2)10-12/h5-7,9-10H,3-4,8H2,1-2H3,(H,20,22)(H,18,19,21). The molecule has 1 aromatic carbocycles. The van der Waals surface area contributed by atoms with Crippen LogP contribution in [0.5, 0.6) is 0 Å². The van der Waals surface area contributed by atoms with Crippen LogP contribution in [0.15, 0.2) is 34.9 Å². The Bertz CT molecular complexity index is 660. The second-order valence-electron chi connectivity index (χ2n) is 4.96. The first-order valence-electron chi connectivity index (χ1n) is 7.24. The highest BCUT2D eigenvalue weighted by Crippen LogP contribution is 2.20. The van der Waals surface area contributed by atoms with E-state index in [9.17, 15) is 4.79 Å². The zero-order chi connectivity index (χ0) is 15.9. The van der Waals surface area contributed by atoms with Crippen LogP contribution in [0.4, 0.5) is 11.6 Å². The summed E-state index contributed by atoms with van der Waals surface area (Å²) < 4.78 is 1.01. The maximum absolute atomic E-state index is 12.3. The highest BCUT2D eigenvalue weighted by molar-refractivity contribution is 9.10. The van der Waals surface area contributed by atoms with Crippen LogP contribution in [0, 0.1) is 6.92 Å². The predicted molar refractivity (Wildman–Crippen MR) is 92.3 cm³/mol. The fourth-order valence-corrected chi connectivity index (χ4v) is 2.11. The first kappa shape index (κ1) is 16.4. The fourth-order valence-electron chi connectivity index (χ4n) is 1.86. The van der Waals surface area contributed by atoms with Gasteiger partial charge in [0.25, 0.3) is 5.91 Å². The van der Waals surface area contributed by atoms with Gasteiger partial charge in [-0.15, -0.1) is 0 Å². The van der Waals surface area contributed by atoms with E-state index in [-0.39, 0.29) is 5.91 Å². The number of nitrogens with one attached hydrogen (secondary N) is 2. The molecule has 6 heteroatoms. The molecular weight excluding hydrogens is 344 g/mol. The topological polar surface area (TPSA) is 66.9 Å². The summed E-state index contributed by atoms with van der Waals surface area (Å²) in [6, 6.07) is 7.26. The Morgan fingerprint density at radius 2 is 2.14 bits per heavy atom. The molecule has 0 atom stereocenters. The van der Waals surface area contributed by atoms with Crippen LogP contribution in [-0.4, -0.2) is 22.4 Å². The molecule has 0 aliphatic heterocycles. The number of nitrogens with zero attached hydrogens (tertiary/aromatic N) is 2. The largest absolute Gasteiger partial charge is 0.354 e. The lowest BCUT2D eigenvalue weighted by Gasteiger charge is -2.08. The summed E-state index contributed by atoms with van der Waals surface area (Å²) in [7, 11) is 0. The summed E-state index contributed by atoms with van der Waals surface area (Å²) in [4.78, 5) is 20.6. The third-order valence-electron chi connectivity index (χ3n) is 3.12. The number of hydrogen-bond acceptors (Lipinski definition) is 4. The Balaban J connectivity index is 2.05. The SMILES string of the molecule is CCCCNc1nccc(C(=O)Nc2ccc(Br)c(C)c2)n1. The molecule has 1 amide bonds. The van der Waals surface area contributed by atoms with Crippen molar-refractivity contribution in [3.8, 4) is 0 Å². The Kier molecular flexibility index (Phi) is 5.89. The number of carbonyl (C=O) groups excluding carboxylic acids is 1. The highest BCUT2D eigenvalue weighted by Gasteiger charge is 2.09. The molecular formula is C16H19BrN4O. The van der Waals surface area contributed by atoms with Crippen LogP contribution in [0.1, 0.15) is 35.8 Å². The summed E-state index contributed by atoms with van der Waals surface area (Å²) in [5.74, 6) is 0.232.